The molecule has 5 heteroatoms. The zero-order valence-electron chi connectivity index (χ0n) is 10.5. The van der Waals surface area contributed by atoms with Gasteiger partial charge in [-0.25, -0.2) is 4.98 Å². The normalized spacial score (nSPS) is 13.9. The van der Waals surface area contributed by atoms with E-state index in [-0.39, 0.29) is 11.7 Å². The molecule has 2 aromatic rings. The van der Waals surface area contributed by atoms with Crippen LogP contribution in [-0.4, -0.2) is 22.0 Å². The monoisotopic (exact) mass is 307 g/mol. The van der Waals surface area contributed by atoms with E-state index < -0.39 is 5.38 Å². The maximum Gasteiger partial charge on any atom is 0.222 e. The van der Waals surface area contributed by atoms with Gasteiger partial charge in [-0.15, -0.1) is 23.2 Å². The Hall–Kier alpha value is -1.58. The molecule has 0 radical (unpaired) electrons. The predicted molar refractivity (Wildman–Crippen MR) is 78.3 cm³/mol. The van der Waals surface area contributed by atoms with Crippen LogP contribution in [-0.2, 0) is 6.42 Å². The molecule has 3 nitrogen and oxygen atoms in total. The molecule has 0 bridgehead atoms. The Morgan fingerprint density at radius 3 is 3.00 bits per heavy atom. The Kier molecular flexibility index (Phi) is 3.64. The van der Waals surface area contributed by atoms with Crippen LogP contribution in [0, 0.1) is 0 Å². The first-order valence-corrected chi connectivity index (χ1v) is 7.15. The van der Waals surface area contributed by atoms with Gasteiger partial charge in [0.05, 0.1) is 0 Å². The number of hydrogen-bond donors (Lipinski definition) is 0. The average molecular weight is 308 g/mol. The summed E-state index contributed by atoms with van der Waals surface area (Å²) in [5, 5.41) is -0.701. The lowest BCUT2D eigenvalue weighted by Gasteiger charge is -2.19. The van der Waals surface area contributed by atoms with E-state index in [1.807, 2.05) is 18.2 Å². The van der Waals surface area contributed by atoms with E-state index >= 15 is 0 Å². The molecule has 1 aliphatic heterocycles. The number of pyridine rings is 1. The molecule has 0 spiro atoms. The van der Waals surface area contributed by atoms with Gasteiger partial charge in [-0.2, -0.15) is 0 Å². The third-order valence-electron chi connectivity index (χ3n) is 3.20. The van der Waals surface area contributed by atoms with Crippen molar-refractivity contribution in [2.45, 2.75) is 11.8 Å². The maximum absolute atomic E-state index is 12.0. The van der Waals surface area contributed by atoms with Crippen LogP contribution < -0.4 is 4.74 Å². The summed E-state index contributed by atoms with van der Waals surface area (Å²) in [6, 6.07) is 9.12. The topological polar surface area (TPSA) is 39.2 Å². The van der Waals surface area contributed by atoms with Crippen molar-refractivity contribution < 1.29 is 9.53 Å². The number of carbonyl (C=O) groups excluding carboxylic acids is 1. The summed E-state index contributed by atoms with van der Waals surface area (Å²) in [5.41, 5.74) is 2.51. The number of Topliss-reactive ketones (excluding diaryl/α,β-unsaturated/α-hetero) is 1. The molecule has 102 valence electrons. The van der Waals surface area contributed by atoms with Gasteiger partial charge in [0, 0.05) is 35.2 Å². The molecule has 0 amide bonds. The first-order valence-electron chi connectivity index (χ1n) is 6.18. The first kappa shape index (κ1) is 13.4. The smallest absolute Gasteiger partial charge is 0.222 e. The Morgan fingerprint density at radius 1 is 1.35 bits per heavy atom. The fraction of sp³-hybridized carbons (Fsp3) is 0.200. The fourth-order valence-corrected chi connectivity index (χ4v) is 2.45. The van der Waals surface area contributed by atoms with Crippen LogP contribution in [0.3, 0.4) is 0 Å². The molecule has 2 heterocycles. The second-order valence-corrected chi connectivity index (χ2v) is 5.39. The van der Waals surface area contributed by atoms with Crippen molar-refractivity contribution in [1.29, 1.82) is 0 Å². The van der Waals surface area contributed by atoms with E-state index in [4.69, 9.17) is 27.9 Å². The van der Waals surface area contributed by atoms with Crippen LogP contribution in [0.1, 0.15) is 21.5 Å². The third kappa shape index (κ3) is 2.39. The predicted octanol–water partition coefficient (Wildman–Crippen LogP) is 3.81. The standard InChI is InChI=1S/C15H11Cl2NO2/c16-8-12(17)14(19)9-3-4-13-11(6-9)7-10-2-1-5-18-15(10)20-13/h1-6,12H,7-8H2. The van der Waals surface area contributed by atoms with Gasteiger partial charge in [-0.3, -0.25) is 4.79 Å². The number of alkyl halides is 2. The molecule has 20 heavy (non-hydrogen) atoms. The number of benzene rings is 1. The number of carbonyl (C=O) groups is 1. The van der Waals surface area contributed by atoms with E-state index in [0.717, 1.165) is 16.9 Å². The highest BCUT2D eigenvalue weighted by atomic mass is 35.5. The van der Waals surface area contributed by atoms with Gasteiger partial charge in [-0.05, 0) is 24.3 Å². The van der Waals surface area contributed by atoms with E-state index in [2.05, 4.69) is 4.98 Å². The Bertz CT molecular complexity index is 673. The lowest BCUT2D eigenvalue weighted by Crippen LogP contribution is -2.17. The highest BCUT2D eigenvalue weighted by Crippen LogP contribution is 2.35. The van der Waals surface area contributed by atoms with Crippen LogP contribution in [0.25, 0.3) is 0 Å². The van der Waals surface area contributed by atoms with Crippen molar-refractivity contribution >= 4 is 29.0 Å². The second kappa shape index (κ2) is 5.43. The number of ether oxygens (including phenoxy) is 1. The third-order valence-corrected chi connectivity index (χ3v) is 4.02. The number of rotatable bonds is 3. The largest absolute Gasteiger partial charge is 0.438 e. The molecule has 1 aromatic carbocycles. The lowest BCUT2D eigenvalue weighted by atomic mass is 9.98. The molecule has 0 saturated carbocycles. The fourth-order valence-electron chi connectivity index (χ4n) is 2.18. The van der Waals surface area contributed by atoms with Crippen molar-refractivity contribution in [3.8, 4) is 11.6 Å². The average Bonchev–Trinajstić information content (AvgIpc) is 2.50. The minimum absolute atomic E-state index is 0.0979. The molecule has 0 N–H and O–H groups in total. The number of aromatic nitrogens is 1. The van der Waals surface area contributed by atoms with Gasteiger partial charge in [0.1, 0.15) is 11.1 Å². The SMILES string of the molecule is O=C(c1ccc2c(c1)Cc1cccnc1O2)C(Cl)CCl. The van der Waals surface area contributed by atoms with Crippen molar-refractivity contribution in [3.63, 3.8) is 0 Å². The van der Waals surface area contributed by atoms with E-state index in [1.165, 1.54) is 0 Å². The number of hydrogen-bond acceptors (Lipinski definition) is 3. The van der Waals surface area contributed by atoms with Crippen LogP contribution in [0.4, 0.5) is 0 Å². The molecule has 1 unspecified atom stereocenters. The van der Waals surface area contributed by atoms with Gasteiger partial charge < -0.3 is 4.74 Å². The zero-order chi connectivity index (χ0) is 14.1. The summed E-state index contributed by atoms with van der Waals surface area (Å²) in [6.07, 6.45) is 2.38. The highest BCUT2D eigenvalue weighted by molar-refractivity contribution is 6.38. The summed E-state index contributed by atoms with van der Waals surface area (Å²) >= 11 is 11.5. The quantitative estimate of drug-likeness (QED) is 0.545. The van der Waals surface area contributed by atoms with E-state index in [0.29, 0.717) is 17.9 Å². The van der Waals surface area contributed by atoms with Gasteiger partial charge >= 0.3 is 0 Å². The molecule has 3 rings (SSSR count). The summed E-state index contributed by atoms with van der Waals surface area (Å²) in [6.45, 7) is 0. The van der Waals surface area contributed by atoms with E-state index in [9.17, 15) is 4.79 Å². The summed E-state index contributed by atoms with van der Waals surface area (Å²) in [5.74, 6) is 1.28. The van der Waals surface area contributed by atoms with Crippen molar-refractivity contribution in [2.75, 3.05) is 5.88 Å². The second-order valence-electron chi connectivity index (χ2n) is 4.56. The number of halogens is 2. The minimum Gasteiger partial charge on any atom is -0.438 e. The van der Waals surface area contributed by atoms with Gasteiger partial charge in [0.2, 0.25) is 5.88 Å². The Morgan fingerprint density at radius 2 is 2.20 bits per heavy atom. The van der Waals surface area contributed by atoms with Crippen LogP contribution in [0.15, 0.2) is 36.5 Å². The number of nitrogens with zero attached hydrogens (tertiary/aromatic N) is 1. The molecule has 1 aromatic heterocycles. The maximum atomic E-state index is 12.0. The Balaban J connectivity index is 1.94. The highest BCUT2D eigenvalue weighted by Gasteiger charge is 2.21. The molecule has 1 aliphatic rings. The van der Waals surface area contributed by atoms with E-state index in [1.54, 1.807) is 18.3 Å². The lowest BCUT2D eigenvalue weighted by molar-refractivity contribution is 0.0992. The van der Waals surface area contributed by atoms with Crippen LogP contribution >= 0.6 is 23.2 Å². The molecular weight excluding hydrogens is 297 g/mol. The molecule has 0 fully saturated rings. The van der Waals surface area contributed by atoms with Gasteiger partial charge in [0.15, 0.2) is 5.78 Å². The minimum atomic E-state index is -0.701. The van der Waals surface area contributed by atoms with Gasteiger partial charge in [-0.1, -0.05) is 6.07 Å². The van der Waals surface area contributed by atoms with Crippen molar-refractivity contribution in [1.82, 2.24) is 4.98 Å². The molecule has 0 saturated heterocycles. The van der Waals surface area contributed by atoms with Crippen LogP contribution in [0.2, 0.25) is 0 Å². The molecular formula is C15H11Cl2NO2. The summed E-state index contributed by atoms with van der Waals surface area (Å²) < 4.78 is 5.72. The molecule has 1 atom stereocenters. The summed E-state index contributed by atoms with van der Waals surface area (Å²) in [4.78, 5) is 16.2. The van der Waals surface area contributed by atoms with Crippen molar-refractivity contribution in [3.05, 3.63) is 53.2 Å². The van der Waals surface area contributed by atoms with Crippen LogP contribution in [0.5, 0.6) is 11.6 Å². The summed E-state index contributed by atoms with van der Waals surface area (Å²) in [7, 11) is 0. The van der Waals surface area contributed by atoms with Crippen molar-refractivity contribution in [2.24, 2.45) is 0 Å². The Labute approximate surface area is 126 Å². The number of ketones is 1. The van der Waals surface area contributed by atoms with Gasteiger partial charge in [0.25, 0.3) is 0 Å². The zero-order valence-corrected chi connectivity index (χ0v) is 12.0. The number of fused-ring (bicyclic) bond motifs is 2. The molecule has 0 aliphatic carbocycles. The first-order chi connectivity index (χ1) is 9.69.